The highest BCUT2D eigenvalue weighted by molar-refractivity contribution is 8.13. The van der Waals surface area contributed by atoms with Gasteiger partial charge in [-0.15, -0.1) is 0 Å². The van der Waals surface area contributed by atoms with Gasteiger partial charge >= 0.3 is 0 Å². The highest BCUT2D eigenvalue weighted by Crippen LogP contribution is 2.30. The number of hydrogen-bond donors (Lipinski definition) is 1. The first-order valence-corrected chi connectivity index (χ1v) is 11.2. The molecule has 0 radical (unpaired) electrons. The molecule has 0 aliphatic heterocycles. The van der Waals surface area contributed by atoms with E-state index in [2.05, 4.69) is 0 Å². The number of rotatable bonds is 6. The molecule has 12 heteroatoms. The lowest BCUT2D eigenvalue weighted by Gasteiger charge is -2.10. The average Bonchev–Trinajstić information content (AvgIpc) is 2.22. The van der Waals surface area contributed by atoms with E-state index in [0.29, 0.717) is 0 Å². The predicted molar refractivity (Wildman–Crippen MR) is 78.3 cm³/mol. The Balaban J connectivity index is 3.18. The van der Waals surface area contributed by atoms with E-state index in [4.69, 9.17) is 15.4 Å². The number of methoxy groups -OCH3 is 1. The Bertz CT molecular complexity index is 843. The molecule has 0 aliphatic carbocycles. The smallest absolute Gasteiger partial charge is 0.264 e. The monoisotopic (exact) mass is 377 g/mol. The van der Waals surface area contributed by atoms with Crippen LogP contribution < -0.4 is 9.46 Å². The summed E-state index contributed by atoms with van der Waals surface area (Å²) in [5, 5.41) is -1.10. The van der Waals surface area contributed by atoms with Crippen molar-refractivity contribution in [2.24, 2.45) is 0 Å². The van der Waals surface area contributed by atoms with Gasteiger partial charge in [-0.25, -0.2) is 25.3 Å². The van der Waals surface area contributed by atoms with Crippen LogP contribution in [0.25, 0.3) is 0 Å². The molecule has 8 nitrogen and oxygen atoms in total. The fourth-order valence-corrected chi connectivity index (χ4v) is 5.40. The maximum absolute atomic E-state index is 11.6. The van der Waals surface area contributed by atoms with Gasteiger partial charge in [0, 0.05) is 23.0 Å². The number of sulfonamides is 1. The fourth-order valence-electron chi connectivity index (χ4n) is 1.42. The van der Waals surface area contributed by atoms with E-state index >= 15 is 0 Å². The van der Waals surface area contributed by atoms with Crippen molar-refractivity contribution in [2.75, 3.05) is 23.2 Å². The number of nitrogens with one attached hydrogen (secondary N) is 1. The van der Waals surface area contributed by atoms with Crippen LogP contribution in [0.5, 0.6) is 5.75 Å². The Kier molecular flexibility index (Phi) is 5.13. The Morgan fingerprint density at radius 1 is 1.14 bits per heavy atom. The van der Waals surface area contributed by atoms with Crippen molar-refractivity contribution in [3.63, 3.8) is 0 Å². The molecule has 0 aliphatic rings. The minimum atomic E-state index is -4.14. The van der Waals surface area contributed by atoms with Gasteiger partial charge < -0.3 is 4.74 Å². The van der Waals surface area contributed by atoms with E-state index in [0.717, 1.165) is 24.5 Å². The van der Waals surface area contributed by atoms with Gasteiger partial charge in [-0.2, -0.15) is 0 Å². The maximum atomic E-state index is 11.6. The summed E-state index contributed by atoms with van der Waals surface area (Å²) in [7, 11) is -5.58. The number of halogens is 1. The molecule has 0 heterocycles. The summed E-state index contributed by atoms with van der Waals surface area (Å²) in [6.45, 7) is 0. The van der Waals surface area contributed by atoms with Crippen molar-refractivity contribution in [2.45, 2.75) is 4.90 Å². The molecule has 1 aromatic rings. The summed E-state index contributed by atoms with van der Waals surface area (Å²) in [6, 6.07) is 3.24. The molecule has 0 atom stereocenters. The second-order valence-electron chi connectivity index (χ2n) is 4.06. The molecule has 0 aromatic heterocycles. The van der Waals surface area contributed by atoms with Crippen LogP contribution in [0, 0.1) is 0 Å². The molecular weight excluding hydrogens is 366 g/mol. The summed E-state index contributed by atoms with van der Waals surface area (Å²) < 4.78 is 74.6. The second kappa shape index (κ2) is 5.99. The van der Waals surface area contributed by atoms with Crippen molar-refractivity contribution in [1.82, 2.24) is 0 Å². The van der Waals surface area contributed by atoms with Gasteiger partial charge in [0.1, 0.15) is 10.6 Å². The maximum Gasteiger partial charge on any atom is 0.264 e. The van der Waals surface area contributed by atoms with E-state index in [9.17, 15) is 25.3 Å². The zero-order valence-electron chi connectivity index (χ0n) is 10.9. The number of ether oxygens (including phenoxy) is 1. The lowest BCUT2D eigenvalue weighted by atomic mass is 10.3. The topological polar surface area (TPSA) is 124 Å². The molecular formula is C9H12ClNO7S3. The van der Waals surface area contributed by atoms with Gasteiger partial charge in [0.15, 0.2) is 14.9 Å². The van der Waals surface area contributed by atoms with Gasteiger partial charge in [-0.1, -0.05) is 0 Å². The predicted octanol–water partition coefficient (Wildman–Crippen LogP) is 0.367. The van der Waals surface area contributed by atoms with Crippen LogP contribution in [0.3, 0.4) is 0 Å². The number of sulfone groups is 1. The summed E-state index contributed by atoms with van der Waals surface area (Å²) in [5.74, 6) is -0.176. The largest absolute Gasteiger partial charge is 0.495 e. The van der Waals surface area contributed by atoms with E-state index in [-0.39, 0.29) is 16.3 Å². The molecule has 0 spiro atoms. The van der Waals surface area contributed by atoms with Gasteiger partial charge in [0.25, 0.3) is 9.05 Å². The van der Waals surface area contributed by atoms with Crippen molar-refractivity contribution in [1.29, 1.82) is 0 Å². The van der Waals surface area contributed by atoms with Crippen molar-refractivity contribution in [3.8, 4) is 5.75 Å². The summed E-state index contributed by atoms with van der Waals surface area (Å²) in [5.41, 5.74) is -0.0560. The van der Waals surface area contributed by atoms with Crippen LogP contribution in [-0.4, -0.2) is 43.7 Å². The van der Waals surface area contributed by atoms with Crippen LogP contribution >= 0.6 is 10.7 Å². The van der Waals surface area contributed by atoms with Crippen molar-refractivity contribution >= 4 is 45.3 Å². The van der Waals surface area contributed by atoms with Crippen LogP contribution in [0.15, 0.2) is 23.1 Å². The first kappa shape index (κ1) is 18.0. The number of benzene rings is 1. The third-order valence-corrected chi connectivity index (χ3v) is 6.93. The number of anilines is 1. The van der Waals surface area contributed by atoms with Gasteiger partial charge in [-0.3, -0.25) is 4.72 Å². The second-order valence-corrected chi connectivity index (χ2v) is 10.8. The molecule has 0 amide bonds. The Hall–Kier alpha value is -1.04. The SMILES string of the molecule is COc1cc(NS(=O)(=O)CS(C)(=O)=O)ccc1S(=O)(=O)Cl. The first-order chi connectivity index (χ1) is 9.34. The number of hydrogen-bond acceptors (Lipinski definition) is 7. The molecule has 120 valence electrons. The standard InChI is InChI=1S/C9H12ClNO7S3/c1-18-8-5-7(3-4-9(8)21(10,16)17)11-20(14,15)6-19(2,12)13/h3-5,11H,6H2,1-2H3. The van der Waals surface area contributed by atoms with Crippen LogP contribution in [0.4, 0.5) is 5.69 Å². The first-order valence-electron chi connectivity index (χ1n) is 5.15. The molecule has 0 fully saturated rings. The molecule has 0 bridgehead atoms. The van der Waals surface area contributed by atoms with Crippen molar-refractivity contribution < 1.29 is 30.0 Å². The molecule has 0 saturated carbocycles. The minimum absolute atomic E-state index is 0.0560. The zero-order chi connectivity index (χ0) is 16.5. The minimum Gasteiger partial charge on any atom is -0.495 e. The van der Waals surface area contributed by atoms with Crippen LogP contribution in [-0.2, 0) is 28.9 Å². The molecule has 0 saturated heterocycles. The molecule has 21 heavy (non-hydrogen) atoms. The average molecular weight is 378 g/mol. The van der Waals surface area contributed by atoms with E-state index in [1.165, 1.54) is 7.11 Å². The Labute approximate surface area is 127 Å². The quantitative estimate of drug-likeness (QED) is 0.710. The Morgan fingerprint density at radius 2 is 1.71 bits per heavy atom. The molecule has 1 aromatic carbocycles. The fraction of sp³-hybridized carbons (Fsp3) is 0.333. The molecule has 1 rings (SSSR count). The van der Waals surface area contributed by atoms with E-state index in [1.807, 2.05) is 4.72 Å². The molecule has 1 N–H and O–H groups in total. The van der Waals surface area contributed by atoms with Gasteiger partial charge in [0.2, 0.25) is 10.0 Å². The van der Waals surface area contributed by atoms with Crippen LogP contribution in [0.1, 0.15) is 0 Å². The lowest BCUT2D eigenvalue weighted by molar-refractivity contribution is 0.403. The highest BCUT2D eigenvalue weighted by atomic mass is 35.7. The summed E-state index contributed by atoms with van der Waals surface area (Å²) in [6.07, 6.45) is 0.774. The van der Waals surface area contributed by atoms with E-state index < -0.39 is 34.0 Å². The van der Waals surface area contributed by atoms with Gasteiger partial charge in [-0.05, 0) is 12.1 Å². The van der Waals surface area contributed by atoms with Crippen LogP contribution in [0.2, 0.25) is 0 Å². The summed E-state index contributed by atoms with van der Waals surface area (Å²) >= 11 is 0. The third-order valence-electron chi connectivity index (χ3n) is 2.07. The third kappa shape index (κ3) is 5.69. The molecule has 0 unspecified atom stereocenters. The summed E-state index contributed by atoms with van der Waals surface area (Å²) in [4.78, 5) is -0.335. The Morgan fingerprint density at radius 3 is 2.14 bits per heavy atom. The van der Waals surface area contributed by atoms with Gasteiger partial charge in [0.05, 0.1) is 12.8 Å². The lowest BCUT2D eigenvalue weighted by Crippen LogP contribution is -2.22. The highest BCUT2D eigenvalue weighted by Gasteiger charge is 2.21. The van der Waals surface area contributed by atoms with E-state index in [1.54, 1.807) is 0 Å². The normalized spacial score (nSPS) is 12.9. The zero-order valence-corrected chi connectivity index (χ0v) is 14.1. The van der Waals surface area contributed by atoms with Crippen molar-refractivity contribution in [3.05, 3.63) is 18.2 Å².